The maximum Gasteiger partial charge on any atom is 0.257 e. The summed E-state index contributed by atoms with van der Waals surface area (Å²) in [6, 6.07) is 10.4. The highest BCUT2D eigenvalue weighted by Gasteiger charge is 2.24. The number of nitrogens with zero attached hydrogens (tertiary/aromatic N) is 1. The summed E-state index contributed by atoms with van der Waals surface area (Å²) < 4.78 is 0. The molecule has 1 heterocycles. The summed E-state index contributed by atoms with van der Waals surface area (Å²) in [5.74, 6) is -0.222. The average molecular weight is 391 g/mol. The third-order valence-corrected chi connectivity index (χ3v) is 4.94. The summed E-state index contributed by atoms with van der Waals surface area (Å²) >= 11 is 12.0. The van der Waals surface area contributed by atoms with Gasteiger partial charge in [0.2, 0.25) is 5.91 Å². The third-order valence-electron chi connectivity index (χ3n) is 4.39. The first-order chi connectivity index (χ1) is 12.4. The van der Waals surface area contributed by atoms with Crippen LogP contribution in [0.5, 0.6) is 0 Å². The highest BCUT2D eigenvalue weighted by atomic mass is 35.5. The van der Waals surface area contributed by atoms with Crippen LogP contribution >= 0.6 is 23.2 Å². The zero-order chi connectivity index (χ0) is 18.8. The van der Waals surface area contributed by atoms with Crippen LogP contribution in [0.3, 0.4) is 0 Å². The van der Waals surface area contributed by atoms with Gasteiger partial charge in [-0.2, -0.15) is 0 Å². The smallest absolute Gasteiger partial charge is 0.257 e. The topological polar surface area (TPSA) is 49.4 Å². The van der Waals surface area contributed by atoms with Gasteiger partial charge in [0.15, 0.2) is 0 Å². The first-order valence-corrected chi connectivity index (χ1v) is 9.33. The van der Waals surface area contributed by atoms with Crippen molar-refractivity contribution in [1.29, 1.82) is 0 Å². The molecule has 0 aromatic heterocycles. The Balaban J connectivity index is 1.83. The van der Waals surface area contributed by atoms with Gasteiger partial charge in [-0.1, -0.05) is 37.0 Å². The molecule has 0 bridgehead atoms. The van der Waals surface area contributed by atoms with Gasteiger partial charge in [0.25, 0.3) is 5.91 Å². The van der Waals surface area contributed by atoms with E-state index in [1.54, 1.807) is 18.2 Å². The molecule has 26 heavy (non-hydrogen) atoms. The zero-order valence-electron chi connectivity index (χ0n) is 14.7. The number of benzene rings is 2. The molecule has 0 saturated heterocycles. The van der Waals surface area contributed by atoms with Gasteiger partial charge in [0.05, 0.1) is 10.6 Å². The van der Waals surface area contributed by atoms with Crippen molar-refractivity contribution in [3.63, 3.8) is 0 Å². The molecule has 0 unspecified atom stereocenters. The lowest BCUT2D eigenvalue weighted by Gasteiger charge is -2.31. The Labute approximate surface area is 163 Å². The predicted octanol–water partition coefficient (Wildman–Crippen LogP) is 5.18. The molecule has 0 atom stereocenters. The van der Waals surface area contributed by atoms with Crippen molar-refractivity contribution >= 4 is 46.4 Å². The number of fused-ring (bicyclic) bond motifs is 1. The van der Waals surface area contributed by atoms with Gasteiger partial charge in [-0.25, -0.2) is 0 Å². The minimum atomic E-state index is -0.294. The molecule has 1 aliphatic heterocycles. The van der Waals surface area contributed by atoms with E-state index in [-0.39, 0.29) is 17.7 Å². The number of carbonyl (C=O) groups is 2. The van der Waals surface area contributed by atoms with E-state index in [2.05, 4.69) is 5.32 Å². The second kappa shape index (κ2) is 7.68. The van der Waals surface area contributed by atoms with E-state index < -0.39 is 0 Å². The monoisotopic (exact) mass is 390 g/mol. The molecule has 0 aliphatic carbocycles. The number of aryl methyl sites for hydroxylation is 1. The molecule has 2 aromatic rings. The Kier molecular flexibility index (Phi) is 5.54. The minimum absolute atomic E-state index is 0.0487. The standard InChI is InChI=1S/C20H20Cl2N2O2/c1-12(2)20(26)24-9-3-4-13-10-15(6-8-18(13)24)23-19(25)16-7-5-14(21)11-17(16)22/h5-8,10-12H,3-4,9H2,1-2H3,(H,23,25). The SMILES string of the molecule is CC(C)C(=O)N1CCCc2cc(NC(=O)c3ccc(Cl)cc3Cl)ccc21. The molecule has 2 aromatic carbocycles. The second-order valence-electron chi connectivity index (χ2n) is 6.67. The summed E-state index contributed by atoms with van der Waals surface area (Å²) in [6.07, 6.45) is 1.79. The van der Waals surface area contributed by atoms with Gasteiger partial charge in [-0.3, -0.25) is 9.59 Å². The summed E-state index contributed by atoms with van der Waals surface area (Å²) in [6.45, 7) is 4.54. The molecule has 0 radical (unpaired) electrons. The first kappa shape index (κ1) is 18.7. The number of rotatable bonds is 3. The van der Waals surface area contributed by atoms with Gasteiger partial charge >= 0.3 is 0 Å². The van der Waals surface area contributed by atoms with Crippen molar-refractivity contribution in [3.05, 3.63) is 57.6 Å². The molecule has 1 N–H and O–H groups in total. The Morgan fingerprint density at radius 2 is 1.88 bits per heavy atom. The molecule has 1 aliphatic rings. The van der Waals surface area contributed by atoms with Gasteiger partial charge in [0, 0.05) is 28.9 Å². The fraction of sp³-hybridized carbons (Fsp3) is 0.300. The Morgan fingerprint density at radius 1 is 1.12 bits per heavy atom. The predicted molar refractivity (Wildman–Crippen MR) is 106 cm³/mol. The molecule has 136 valence electrons. The summed E-state index contributed by atoms with van der Waals surface area (Å²) in [4.78, 5) is 26.7. The van der Waals surface area contributed by atoms with Crippen LogP contribution in [-0.2, 0) is 11.2 Å². The first-order valence-electron chi connectivity index (χ1n) is 8.57. The van der Waals surface area contributed by atoms with E-state index >= 15 is 0 Å². The number of anilines is 2. The van der Waals surface area contributed by atoms with E-state index in [1.165, 1.54) is 0 Å². The van der Waals surface area contributed by atoms with Crippen molar-refractivity contribution < 1.29 is 9.59 Å². The number of amides is 2. The van der Waals surface area contributed by atoms with Crippen LogP contribution in [0.2, 0.25) is 10.0 Å². The fourth-order valence-electron chi connectivity index (χ4n) is 3.09. The van der Waals surface area contributed by atoms with Crippen molar-refractivity contribution in [3.8, 4) is 0 Å². The summed E-state index contributed by atoms with van der Waals surface area (Å²) in [5, 5.41) is 3.65. The van der Waals surface area contributed by atoms with E-state index in [0.29, 0.717) is 21.3 Å². The number of hydrogen-bond donors (Lipinski definition) is 1. The van der Waals surface area contributed by atoms with Crippen LogP contribution < -0.4 is 10.2 Å². The third kappa shape index (κ3) is 3.87. The van der Waals surface area contributed by atoms with Crippen LogP contribution in [-0.4, -0.2) is 18.4 Å². The molecule has 4 nitrogen and oxygen atoms in total. The molecule has 6 heteroatoms. The molecular weight excluding hydrogens is 371 g/mol. The van der Waals surface area contributed by atoms with E-state index in [4.69, 9.17) is 23.2 Å². The Bertz CT molecular complexity index is 865. The molecule has 0 fully saturated rings. The highest BCUT2D eigenvalue weighted by molar-refractivity contribution is 6.37. The van der Waals surface area contributed by atoms with Crippen LogP contribution in [0.4, 0.5) is 11.4 Å². The Morgan fingerprint density at radius 3 is 2.58 bits per heavy atom. The second-order valence-corrected chi connectivity index (χ2v) is 7.51. The minimum Gasteiger partial charge on any atom is -0.322 e. The average Bonchev–Trinajstić information content (AvgIpc) is 2.60. The van der Waals surface area contributed by atoms with Gasteiger partial charge in [-0.15, -0.1) is 0 Å². The lowest BCUT2D eigenvalue weighted by molar-refractivity contribution is -0.121. The van der Waals surface area contributed by atoms with Crippen molar-refractivity contribution in [2.24, 2.45) is 5.92 Å². The van der Waals surface area contributed by atoms with E-state index in [9.17, 15) is 9.59 Å². The lowest BCUT2D eigenvalue weighted by atomic mass is 9.99. The van der Waals surface area contributed by atoms with Crippen LogP contribution in [0.1, 0.15) is 36.2 Å². The Hall–Kier alpha value is -2.04. The molecular formula is C20H20Cl2N2O2. The number of nitrogens with one attached hydrogen (secondary N) is 1. The van der Waals surface area contributed by atoms with Gasteiger partial charge in [-0.05, 0) is 54.8 Å². The number of carbonyl (C=O) groups excluding carboxylic acids is 2. The highest BCUT2D eigenvalue weighted by Crippen LogP contribution is 2.31. The number of halogens is 2. The lowest BCUT2D eigenvalue weighted by Crippen LogP contribution is -2.38. The quantitative estimate of drug-likeness (QED) is 0.784. The summed E-state index contributed by atoms with van der Waals surface area (Å²) in [7, 11) is 0. The fourth-order valence-corrected chi connectivity index (χ4v) is 3.58. The maximum absolute atomic E-state index is 12.5. The molecule has 3 rings (SSSR count). The summed E-state index contributed by atoms with van der Waals surface area (Å²) in [5.41, 5.74) is 3.03. The van der Waals surface area contributed by atoms with Crippen LogP contribution in [0, 0.1) is 5.92 Å². The normalized spacial score (nSPS) is 13.5. The van der Waals surface area contributed by atoms with E-state index in [1.807, 2.05) is 36.9 Å². The molecule has 0 spiro atoms. The molecule has 0 saturated carbocycles. The van der Waals surface area contributed by atoms with Crippen LogP contribution in [0.15, 0.2) is 36.4 Å². The van der Waals surface area contributed by atoms with Crippen molar-refractivity contribution in [1.82, 2.24) is 0 Å². The largest absolute Gasteiger partial charge is 0.322 e. The van der Waals surface area contributed by atoms with Gasteiger partial charge < -0.3 is 10.2 Å². The number of hydrogen-bond acceptors (Lipinski definition) is 2. The van der Waals surface area contributed by atoms with Crippen LogP contribution in [0.25, 0.3) is 0 Å². The van der Waals surface area contributed by atoms with Gasteiger partial charge in [0.1, 0.15) is 0 Å². The van der Waals surface area contributed by atoms with Crippen molar-refractivity contribution in [2.45, 2.75) is 26.7 Å². The zero-order valence-corrected chi connectivity index (χ0v) is 16.2. The van der Waals surface area contributed by atoms with Crippen molar-refractivity contribution in [2.75, 3.05) is 16.8 Å². The maximum atomic E-state index is 12.5. The van der Waals surface area contributed by atoms with E-state index in [0.717, 1.165) is 30.6 Å². The molecule has 2 amide bonds.